The highest BCUT2D eigenvalue weighted by atomic mass is 19.3. The van der Waals surface area contributed by atoms with E-state index in [1.54, 1.807) is 6.34 Å². The van der Waals surface area contributed by atoms with E-state index < -0.39 is 5.92 Å². The molecule has 4 aliphatic rings. The smallest absolute Gasteiger partial charge is 0.251 e. The van der Waals surface area contributed by atoms with Crippen LogP contribution in [0.4, 0.5) is 8.78 Å². The van der Waals surface area contributed by atoms with Crippen molar-refractivity contribution in [2.24, 2.45) is 21.6 Å². The molecule has 0 spiro atoms. The second-order valence-electron chi connectivity index (χ2n) is 10.2. The Balaban J connectivity index is 1.21. The molecular weight excluding hydrogens is 432 g/mol. The molecule has 2 heterocycles. The number of aliphatic imine (C=N–C) groups is 2. The van der Waals surface area contributed by atoms with Crippen molar-refractivity contribution >= 4 is 12.2 Å². The van der Waals surface area contributed by atoms with E-state index in [0.29, 0.717) is 13.1 Å². The Morgan fingerprint density at radius 3 is 2.76 bits per heavy atom. The van der Waals surface area contributed by atoms with Gasteiger partial charge >= 0.3 is 0 Å². The predicted octanol–water partition coefficient (Wildman–Crippen LogP) is 3.78. The third-order valence-corrected chi connectivity index (χ3v) is 7.86. The maximum atomic E-state index is 13.1. The van der Waals surface area contributed by atoms with Gasteiger partial charge in [0, 0.05) is 37.4 Å². The van der Waals surface area contributed by atoms with Crippen molar-refractivity contribution in [3.05, 3.63) is 82.6 Å². The number of alkyl halides is 2. The Kier molecular flexibility index (Phi) is 5.15. The molecule has 2 aromatic rings. The van der Waals surface area contributed by atoms with Crippen LogP contribution in [0.5, 0.6) is 0 Å². The monoisotopic (exact) mass is 461 g/mol. The van der Waals surface area contributed by atoms with E-state index >= 15 is 0 Å². The average molecular weight is 462 g/mol. The number of halogens is 2. The second kappa shape index (κ2) is 8.10. The van der Waals surface area contributed by atoms with Crippen LogP contribution in [0.25, 0.3) is 0 Å². The van der Waals surface area contributed by atoms with Crippen LogP contribution >= 0.6 is 0 Å². The van der Waals surface area contributed by atoms with Crippen LogP contribution in [-0.4, -0.2) is 30.7 Å². The van der Waals surface area contributed by atoms with Gasteiger partial charge in [0.05, 0.1) is 12.0 Å². The quantitative estimate of drug-likeness (QED) is 0.613. The molecule has 1 fully saturated rings. The highest BCUT2D eigenvalue weighted by Crippen LogP contribution is 2.42. The van der Waals surface area contributed by atoms with Gasteiger partial charge < -0.3 is 16.4 Å². The summed E-state index contributed by atoms with van der Waals surface area (Å²) in [5.41, 5.74) is 12.5. The zero-order valence-corrected chi connectivity index (χ0v) is 19.0. The summed E-state index contributed by atoms with van der Waals surface area (Å²) in [5.74, 6) is -1.41. The van der Waals surface area contributed by atoms with Crippen LogP contribution in [0, 0.1) is 5.92 Å². The van der Waals surface area contributed by atoms with Crippen molar-refractivity contribution in [3.8, 4) is 0 Å². The number of nitrogens with two attached hydrogens (primary N) is 1. The molecule has 0 amide bonds. The first-order valence-electron chi connectivity index (χ1n) is 12.0. The van der Waals surface area contributed by atoms with Crippen molar-refractivity contribution in [2.45, 2.75) is 55.6 Å². The van der Waals surface area contributed by atoms with Gasteiger partial charge in [0.1, 0.15) is 12.2 Å². The number of hydrogen-bond donors (Lipinski definition) is 3. The Bertz CT molecular complexity index is 1200. The van der Waals surface area contributed by atoms with E-state index in [2.05, 4.69) is 69.2 Å². The molecule has 4 N–H and O–H groups in total. The molecule has 7 heteroatoms. The number of nitrogens with zero attached hydrogens (tertiary/aromatic N) is 2. The SMILES string of the molecule is NCC1(c2cccc(C3N=CN=C4NC=CC43)c2)Cc2ccc(CNC3CC(F)(F)C3)cc2C1. The Labute approximate surface area is 198 Å². The number of hydrogen-bond acceptors (Lipinski definition) is 5. The van der Waals surface area contributed by atoms with E-state index in [9.17, 15) is 8.78 Å². The van der Waals surface area contributed by atoms with Crippen molar-refractivity contribution in [1.82, 2.24) is 10.6 Å². The van der Waals surface area contributed by atoms with Gasteiger partial charge in [0.25, 0.3) is 5.92 Å². The maximum Gasteiger partial charge on any atom is 0.251 e. The highest BCUT2D eigenvalue weighted by molar-refractivity contribution is 5.96. The predicted molar refractivity (Wildman–Crippen MR) is 130 cm³/mol. The van der Waals surface area contributed by atoms with Gasteiger partial charge in [0.15, 0.2) is 0 Å². The van der Waals surface area contributed by atoms with E-state index in [1.807, 2.05) is 6.20 Å². The van der Waals surface area contributed by atoms with E-state index in [1.165, 1.54) is 22.3 Å². The lowest BCUT2D eigenvalue weighted by Gasteiger charge is -2.35. The third kappa shape index (κ3) is 3.77. The Morgan fingerprint density at radius 1 is 1.09 bits per heavy atom. The molecule has 2 aliphatic carbocycles. The van der Waals surface area contributed by atoms with Gasteiger partial charge in [-0.2, -0.15) is 0 Å². The van der Waals surface area contributed by atoms with Crippen LogP contribution in [0.2, 0.25) is 0 Å². The van der Waals surface area contributed by atoms with Crippen molar-refractivity contribution in [1.29, 1.82) is 0 Å². The summed E-state index contributed by atoms with van der Waals surface area (Å²) >= 11 is 0. The van der Waals surface area contributed by atoms with E-state index in [-0.39, 0.29) is 36.3 Å². The van der Waals surface area contributed by atoms with Crippen molar-refractivity contribution in [2.75, 3.05) is 6.54 Å². The lowest BCUT2D eigenvalue weighted by molar-refractivity contribution is -0.0930. The zero-order valence-electron chi connectivity index (χ0n) is 19.0. The summed E-state index contributed by atoms with van der Waals surface area (Å²) in [6.45, 7) is 1.17. The minimum absolute atomic E-state index is 0.00821. The van der Waals surface area contributed by atoms with Gasteiger partial charge in [-0.15, -0.1) is 0 Å². The van der Waals surface area contributed by atoms with Crippen LogP contribution in [-0.2, 0) is 24.8 Å². The third-order valence-electron chi connectivity index (χ3n) is 7.86. The second-order valence-corrected chi connectivity index (χ2v) is 10.2. The maximum absolute atomic E-state index is 13.1. The van der Waals surface area contributed by atoms with Crippen LogP contribution in [0.15, 0.2) is 64.7 Å². The molecule has 2 aliphatic heterocycles. The minimum Gasteiger partial charge on any atom is -0.350 e. The number of rotatable bonds is 6. The Hall–Kier alpha value is -2.90. The summed E-state index contributed by atoms with van der Waals surface area (Å²) in [6.07, 6.45) is 7.36. The van der Waals surface area contributed by atoms with E-state index in [0.717, 1.165) is 24.2 Å². The molecule has 5 nitrogen and oxygen atoms in total. The Morgan fingerprint density at radius 2 is 1.94 bits per heavy atom. The standard InChI is InChI=1S/C27H29F2N5/c28-27(29)12-22(13-27)32-14-17-4-5-19-10-26(15-30,11-20(19)8-17)21-3-1-2-18(9-21)24-23-6-7-31-25(23)34-16-33-24/h1-9,16,22-24,32H,10-15,30H2,(H,31,33,34). The fourth-order valence-electron chi connectivity index (χ4n) is 5.86. The molecule has 0 bridgehead atoms. The average Bonchev–Trinajstić information content (AvgIpc) is 3.46. The molecule has 0 radical (unpaired) electrons. The molecule has 3 atom stereocenters. The number of fused-ring (bicyclic) bond motifs is 2. The summed E-state index contributed by atoms with van der Waals surface area (Å²) in [6, 6.07) is 15.2. The zero-order chi connectivity index (χ0) is 23.3. The minimum atomic E-state index is -2.49. The number of benzene rings is 2. The molecule has 6 rings (SSSR count). The van der Waals surface area contributed by atoms with Gasteiger partial charge in [-0.1, -0.05) is 48.5 Å². The highest BCUT2D eigenvalue weighted by Gasteiger charge is 2.45. The lowest BCUT2D eigenvalue weighted by Crippen LogP contribution is -2.48. The lowest BCUT2D eigenvalue weighted by atomic mass is 9.76. The van der Waals surface area contributed by atoms with Crippen LogP contribution in [0.1, 0.15) is 46.7 Å². The largest absolute Gasteiger partial charge is 0.350 e. The fraction of sp³-hybridized carbons (Fsp3) is 0.407. The van der Waals surface area contributed by atoms with Crippen molar-refractivity contribution in [3.63, 3.8) is 0 Å². The number of amidine groups is 1. The van der Waals surface area contributed by atoms with Crippen LogP contribution in [0.3, 0.4) is 0 Å². The molecule has 34 heavy (non-hydrogen) atoms. The molecule has 2 aromatic carbocycles. The van der Waals surface area contributed by atoms with Gasteiger partial charge in [-0.3, -0.25) is 4.99 Å². The summed E-state index contributed by atoms with van der Waals surface area (Å²) in [4.78, 5) is 9.04. The first-order valence-corrected chi connectivity index (χ1v) is 12.0. The normalized spacial score (nSPS) is 28.7. The molecule has 0 saturated heterocycles. The molecule has 1 saturated carbocycles. The molecule has 0 aromatic heterocycles. The van der Waals surface area contributed by atoms with E-state index in [4.69, 9.17) is 5.73 Å². The first kappa shape index (κ1) is 21.6. The molecular formula is C27H29F2N5. The van der Waals surface area contributed by atoms with Crippen LogP contribution < -0.4 is 16.4 Å². The van der Waals surface area contributed by atoms with Crippen molar-refractivity contribution < 1.29 is 8.78 Å². The first-order chi connectivity index (χ1) is 16.4. The molecule has 3 unspecified atom stereocenters. The summed E-state index contributed by atoms with van der Waals surface area (Å²) in [5, 5.41) is 6.48. The fourth-order valence-corrected chi connectivity index (χ4v) is 5.86. The van der Waals surface area contributed by atoms with Gasteiger partial charge in [0.2, 0.25) is 0 Å². The number of nitrogens with one attached hydrogen (secondary N) is 2. The molecule has 176 valence electrons. The topological polar surface area (TPSA) is 74.8 Å². The van der Waals surface area contributed by atoms with Gasteiger partial charge in [-0.05, 0) is 46.9 Å². The summed E-state index contributed by atoms with van der Waals surface area (Å²) in [7, 11) is 0. The van der Waals surface area contributed by atoms with Gasteiger partial charge in [-0.25, -0.2) is 13.8 Å². The summed E-state index contributed by atoms with van der Waals surface area (Å²) < 4.78 is 26.2.